The number of nitrogens with one attached hydrogen (secondary N) is 2. The summed E-state index contributed by atoms with van der Waals surface area (Å²) in [7, 11) is 0. The average molecular weight is 394 g/mol. The van der Waals surface area contributed by atoms with Gasteiger partial charge in [-0.1, -0.05) is 18.2 Å². The molecule has 1 amide bonds. The first-order chi connectivity index (χ1) is 13.8. The van der Waals surface area contributed by atoms with E-state index in [0.29, 0.717) is 24.0 Å². The van der Waals surface area contributed by atoms with E-state index in [-0.39, 0.29) is 16.9 Å². The standard InChI is InChI=1S/C22H20F2N4O/c1-13-2-5-16(22(27)29)10-18(13)21(26)28-12-14(4-9-20(28)25)3-6-15-7-8-17(23)11-19(15)24/h2,4-5,7-12,25-26H,3,6H2,1H3,(H2,27,29). The summed E-state index contributed by atoms with van der Waals surface area (Å²) in [4.78, 5) is 11.5. The van der Waals surface area contributed by atoms with Crippen molar-refractivity contribution in [3.05, 3.63) is 99.7 Å². The van der Waals surface area contributed by atoms with Crippen molar-refractivity contribution in [2.45, 2.75) is 19.8 Å². The molecule has 0 spiro atoms. The highest BCUT2D eigenvalue weighted by molar-refractivity contribution is 6.02. The van der Waals surface area contributed by atoms with Crippen molar-refractivity contribution in [2.24, 2.45) is 5.73 Å². The minimum absolute atomic E-state index is 0.0328. The summed E-state index contributed by atoms with van der Waals surface area (Å²) in [6.07, 6.45) is 2.45. The fraction of sp³-hybridized carbons (Fsp3) is 0.136. The number of primary amides is 1. The number of benzene rings is 2. The van der Waals surface area contributed by atoms with Gasteiger partial charge in [0.25, 0.3) is 0 Å². The number of pyridine rings is 1. The second-order valence-corrected chi connectivity index (χ2v) is 6.77. The maximum Gasteiger partial charge on any atom is 0.248 e. The van der Waals surface area contributed by atoms with Crippen molar-refractivity contribution >= 4 is 11.7 Å². The topological polar surface area (TPSA) is 95.7 Å². The van der Waals surface area contributed by atoms with Crippen LogP contribution >= 0.6 is 0 Å². The molecule has 0 saturated carbocycles. The number of hydrogen-bond acceptors (Lipinski definition) is 3. The van der Waals surface area contributed by atoms with Crippen LogP contribution in [0.15, 0.2) is 54.7 Å². The third kappa shape index (κ3) is 4.45. The van der Waals surface area contributed by atoms with E-state index >= 15 is 0 Å². The van der Waals surface area contributed by atoms with E-state index < -0.39 is 17.5 Å². The number of carbonyl (C=O) groups excluding carboxylic acids is 1. The number of carbonyl (C=O) groups is 1. The molecule has 7 heteroatoms. The largest absolute Gasteiger partial charge is 0.366 e. The highest BCUT2D eigenvalue weighted by Crippen LogP contribution is 2.15. The third-order valence-corrected chi connectivity index (χ3v) is 4.73. The van der Waals surface area contributed by atoms with E-state index in [2.05, 4.69) is 0 Å². The van der Waals surface area contributed by atoms with Gasteiger partial charge in [-0.05, 0) is 60.7 Å². The van der Waals surface area contributed by atoms with Crippen LogP contribution in [0.5, 0.6) is 0 Å². The van der Waals surface area contributed by atoms with Crippen LogP contribution in [0.2, 0.25) is 0 Å². The lowest BCUT2D eigenvalue weighted by molar-refractivity contribution is 0.100. The van der Waals surface area contributed by atoms with Gasteiger partial charge in [0.05, 0.1) is 0 Å². The molecule has 3 aromatic rings. The van der Waals surface area contributed by atoms with Gasteiger partial charge in [-0.15, -0.1) is 0 Å². The Labute approximate surface area is 166 Å². The van der Waals surface area contributed by atoms with E-state index in [0.717, 1.165) is 17.2 Å². The lowest BCUT2D eigenvalue weighted by Crippen LogP contribution is -2.28. The van der Waals surface area contributed by atoms with Gasteiger partial charge in [-0.2, -0.15) is 0 Å². The van der Waals surface area contributed by atoms with Crippen LogP contribution in [0.25, 0.3) is 0 Å². The summed E-state index contributed by atoms with van der Waals surface area (Å²) in [6.45, 7) is 1.81. The van der Waals surface area contributed by atoms with Gasteiger partial charge < -0.3 is 5.73 Å². The SMILES string of the molecule is Cc1ccc(C(N)=O)cc1C(=N)n1cc(CCc2ccc(F)cc2F)ccc1=N. The molecule has 0 fully saturated rings. The summed E-state index contributed by atoms with van der Waals surface area (Å²) in [6, 6.07) is 11.6. The Hall–Kier alpha value is -3.61. The summed E-state index contributed by atoms with van der Waals surface area (Å²) in [5.41, 5.74) is 8.15. The van der Waals surface area contributed by atoms with Gasteiger partial charge in [0, 0.05) is 23.4 Å². The lowest BCUT2D eigenvalue weighted by atomic mass is 10.0. The second kappa shape index (κ2) is 8.18. The zero-order valence-electron chi connectivity index (χ0n) is 15.8. The van der Waals surface area contributed by atoms with Crippen molar-refractivity contribution in [2.75, 3.05) is 0 Å². The van der Waals surface area contributed by atoms with Gasteiger partial charge in [0.2, 0.25) is 5.91 Å². The molecule has 0 bridgehead atoms. The number of halogens is 2. The summed E-state index contributed by atoms with van der Waals surface area (Å²) >= 11 is 0. The molecule has 5 nitrogen and oxygen atoms in total. The molecule has 1 heterocycles. The van der Waals surface area contributed by atoms with Crippen molar-refractivity contribution < 1.29 is 13.6 Å². The Kier molecular flexibility index (Phi) is 5.68. The maximum absolute atomic E-state index is 13.8. The van der Waals surface area contributed by atoms with Gasteiger partial charge in [0.1, 0.15) is 23.0 Å². The van der Waals surface area contributed by atoms with Gasteiger partial charge in [0.15, 0.2) is 0 Å². The van der Waals surface area contributed by atoms with E-state index in [1.807, 2.05) is 0 Å². The van der Waals surface area contributed by atoms with Crippen LogP contribution < -0.4 is 11.2 Å². The van der Waals surface area contributed by atoms with Crippen molar-refractivity contribution in [1.82, 2.24) is 4.57 Å². The third-order valence-electron chi connectivity index (χ3n) is 4.73. The zero-order chi connectivity index (χ0) is 21.1. The molecular weight excluding hydrogens is 374 g/mol. The van der Waals surface area contributed by atoms with E-state index in [1.54, 1.807) is 37.4 Å². The van der Waals surface area contributed by atoms with E-state index in [1.165, 1.54) is 22.8 Å². The van der Waals surface area contributed by atoms with Gasteiger partial charge in [-0.3, -0.25) is 20.2 Å². The van der Waals surface area contributed by atoms with Crippen LogP contribution in [0, 0.1) is 29.4 Å². The predicted octanol–water partition coefficient (Wildman–Crippen LogP) is 3.31. The van der Waals surface area contributed by atoms with Crippen LogP contribution in [0.3, 0.4) is 0 Å². The predicted molar refractivity (Wildman–Crippen MR) is 106 cm³/mol. The lowest BCUT2D eigenvalue weighted by Gasteiger charge is -2.14. The molecule has 0 unspecified atom stereocenters. The van der Waals surface area contributed by atoms with Crippen molar-refractivity contribution in [1.29, 1.82) is 10.8 Å². The molecule has 0 aliphatic carbocycles. The molecule has 0 aliphatic heterocycles. The normalized spacial score (nSPS) is 10.7. The number of nitrogens with zero attached hydrogens (tertiary/aromatic N) is 1. The van der Waals surface area contributed by atoms with E-state index in [4.69, 9.17) is 16.6 Å². The fourth-order valence-electron chi connectivity index (χ4n) is 3.04. The first-order valence-electron chi connectivity index (χ1n) is 8.96. The number of rotatable bonds is 5. The van der Waals surface area contributed by atoms with Crippen LogP contribution in [-0.2, 0) is 12.8 Å². The number of hydrogen-bond donors (Lipinski definition) is 3. The van der Waals surface area contributed by atoms with Crippen LogP contribution in [-0.4, -0.2) is 16.3 Å². The Bertz CT molecular complexity index is 1170. The Balaban J connectivity index is 1.89. The quantitative estimate of drug-likeness (QED) is 0.449. The molecule has 3 rings (SSSR count). The number of aromatic nitrogens is 1. The van der Waals surface area contributed by atoms with Gasteiger partial charge >= 0.3 is 0 Å². The van der Waals surface area contributed by atoms with E-state index in [9.17, 15) is 13.6 Å². The monoisotopic (exact) mass is 394 g/mol. The molecular formula is C22H20F2N4O. The first-order valence-corrected chi connectivity index (χ1v) is 8.96. The zero-order valence-corrected chi connectivity index (χ0v) is 15.8. The number of nitrogens with two attached hydrogens (primary N) is 1. The fourth-order valence-corrected chi connectivity index (χ4v) is 3.04. The number of amides is 1. The van der Waals surface area contributed by atoms with Crippen molar-refractivity contribution in [3.8, 4) is 0 Å². The van der Waals surface area contributed by atoms with Crippen LogP contribution in [0.4, 0.5) is 8.78 Å². The molecule has 29 heavy (non-hydrogen) atoms. The summed E-state index contributed by atoms with van der Waals surface area (Å²) < 4.78 is 28.3. The summed E-state index contributed by atoms with van der Waals surface area (Å²) in [5, 5.41) is 16.7. The van der Waals surface area contributed by atoms with Crippen molar-refractivity contribution in [3.63, 3.8) is 0 Å². The molecule has 0 radical (unpaired) electrons. The van der Waals surface area contributed by atoms with Crippen LogP contribution in [0.1, 0.15) is 32.6 Å². The highest BCUT2D eigenvalue weighted by atomic mass is 19.1. The minimum Gasteiger partial charge on any atom is -0.366 e. The molecule has 1 aromatic heterocycles. The summed E-state index contributed by atoms with van der Waals surface area (Å²) in [5.74, 6) is -1.78. The minimum atomic E-state index is -0.621. The Morgan fingerprint density at radius 2 is 1.83 bits per heavy atom. The smallest absolute Gasteiger partial charge is 0.248 e. The highest BCUT2D eigenvalue weighted by Gasteiger charge is 2.12. The molecule has 0 atom stereocenters. The second-order valence-electron chi connectivity index (χ2n) is 6.77. The molecule has 148 valence electrons. The number of aryl methyl sites for hydroxylation is 3. The first kappa shape index (κ1) is 20.1. The molecule has 2 aromatic carbocycles. The molecule has 0 saturated heterocycles. The Morgan fingerprint density at radius 3 is 2.52 bits per heavy atom. The molecule has 4 N–H and O–H groups in total. The average Bonchev–Trinajstić information content (AvgIpc) is 2.68. The maximum atomic E-state index is 13.8. The molecule has 0 aliphatic rings. The van der Waals surface area contributed by atoms with Gasteiger partial charge in [-0.25, -0.2) is 8.78 Å². The Morgan fingerprint density at radius 1 is 1.07 bits per heavy atom.